The van der Waals surface area contributed by atoms with Gasteiger partial charge in [-0.2, -0.15) is 0 Å². The first-order valence-electron chi connectivity index (χ1n) is 11.2. The van der Waals surface area contributed by atoms with E-state index in [2.05, 4.69) is 14.8 Å². The fraction of sp³-hybridized carbons (Fsp3) is 0.480. The summed E-state index contributed by atoms with van der Waals surface area (Å²) in [6, 6.07) is 7.74. The molecule has 0 aliphatic carbocycles. The minimum absolute atomic E-state index is 0.00893. The second kappa shape index (κ2) is 11.2. The van der Waals surface area contributed by atoms with Crippen molar-refractivity contribution in [3.63, 3.8) is 0 Å². The van der Waals surface area contributed by atoms with Crippen LogP contribution in [0.2, 0.25) is 0 Å². The Morgan fingerprint density at radius 3 is 2.53 bits per heavy atom. The average molecular weight is 439 g/mol. The third kappa shape index (κ3) is 5.53. The van der Waals surface area contributed by atoms with E-state index in [-0.39, 0.29) is 5.78 Å². The van der Waals surface area contributed by atoms with Gasteiger partial charge in [-0.3, -0.25) is 14.7 Å². The Kier molecular flexibility index (Phi) is 8.36. The molecule has 1 aliphatic heterocycles. The topological polar surface area (TPSA) is 67.3 Å². The Morgan fingerprint density at radius 1 is 1.16 bits per heavy atom. The smallest absolute Gasteiger partial charge is 0.162 e. The van der Waals surface area contributed by atoms with Gasteiger partial charge in [0.2, 0.25) is 0 Å². The summed E-state index contributed by atoms with van der Waals surface area (Å²) in [7, 11) is 3.37. The summed E-state index contributed by atoms with van der Waals surface area (Å²) < 4.78 is 10.7. The van der Waals surface area contributed by atoms with Crippen LogP contribution < -0.4 is 9.64 Å². The van der Waals surface area contributed by atoms with E-state index < -0.39 is 0 Å². The monoisotopic (exact) mass is 438 g/mol. The highest BCUT2D eigenvalue weighted by Gasteiger charge is 2.21. The highest BCUT2D eigenvalue weighted by molar-refractivity contribution is 6.07. The molecule has 0 amide bonds. The third-order valence-corrected chi connectivity index (χ3v) is 5.89. The summed E-state index contributed by atoms with van der Waals surface area (Å²) in [5.41, 5.74) is 4.05. The maximum atomic E-state index is 12.4. The average Bonchev–Trinajstić information content (AvgIpc) is 2.82. The summed E-state index contributed by atoms with van der Waals surface area (Å²) in [6.45, 7) is 11.0. The molecule has 2 heterocycles. The van der Waals surface area contributed by atoms with Crippen molar-refractivity contribution >= 4 is 23.0 Å². The van der Waals surface area contributed by atoms with Crippen molar-refractivity contribution in [2.75, 3.05) is 58.5 Å². The first-order chi connectivity index (χ1) is 15.5. The second-order valence-electron chi connectivity index (χ2n) is 7.98. The van der Waals surface area contributed by atoms with Crippen LogP contribution in [0.25, 0.3) is 0 Å². The molecule has 32 heavy (non-hydrogen) atoms. The SMILES string of the molecule is CCc1cc(OC)cc(/N=C(\C)c2cccnc2N2CCN(CCOC)CC2)c1C(C)=O. The molecular formula is C25H34N4O3. The van der Waals surface area contributed by atoms with E-state index in [1.54, 1.807) is 21.1 Å². The number of carbonyl (C=O) groups is 1. The van der Waals surface area contributed by atoms with Crippen LogP contribution in [0.1, 0.15) is 42.3 Å². The molecule has 7 heteroatoms. The van der Waals surface area contributed by atoms with Gasteiger partial charge >= 0.3 is 0 Å². The molecular weight excluding hydrogens is 404 g/mol. The van der Waals surface area contributed by atoms with E-state index in [0.717, 1.165) is 68.4 Å². The van der Waals surface area contributed by atoms with Crippen molar-refractivity contribution in [1.82, 2.24) is 9.88 Å². The molecule has 172 valence electrons. The van der Waals surface area contributed by atoms with Gasteiger partial charge in [-0.25, -0.2) is 4.98 Å². The number of aryl methyl sites for hydroxylation is 1. The summed E-state index contributed by atoms with van der Waals surface area (Å²) in [4.78, 5) is 26.7. The van der Waals surface area contributed by atoms with Crippen LogP contribution in [0.5, 0.6) is 5.75 Å². The number of ketones is 1. The van der Waals surface area contributed by atoms with Crippen LogP contribution in [-0.4, -0.2) is 74.9 Å². The van der Waals surface area contributed by atoms with E-state index in [9.17, 15) is 4.79 Å². The van der Waals surface area contributed by atoms with E-state index in [1.807, 2.05) is 44.3 Å². The van der Waals surface area contributed by atoms with Crippen molar-refractivity contribution in [3.8, 4) is 5.75 Å². The largest absolute Gasteiger partial charge is 0.497 e. The van der Waals surface area contributed by atoms with Crippen molar-refractivity contribution in [2.24, 2.45) is 4.99 Å². The van der Waals surface area contributed by atoms with Gasteiger partial charge in [-0.15, -0.1) is 0 Å². The third-order valence-electron chi connectivity index (χ3n) is 5.89. The van der Waals surface area contributed by atoms with Crippen LogP contribution in [0.15, 0.2) is 35.5 Å². The number of rotatable bonds is 9. The molecule has 0 unspecified atom stereocenters. The number of pyridine rings is 1. The molecule has 7 nitrogen and oxygen atoms in total. The first-order valence-corrected chi connectivity index (χ1v) is 11.2. The van der Waals surface area contributed by atoms with E-state index in [1.165, 1.54) is 0 Å². The molecule has 0 radical (unpaired) electrons. The maximum absolute atomic E-state index is 12.4. The lowest BCUT2D eigenvalue weighted by molar-refractivity contribution is 0.101. The molecule has 0 atom stereocenters. The van der Waals surface area contributed by atoms with Crippen LogP contribution >= 0.6 is 0 Å². The zero-order chi connectivity index (χ0) is 23.1. The Hall–Kier alpha value is -2.77. The number of benzene rings is 1. The molecule has 3 rings (SSSR count). The van der Waals surface area contributed by atoms with Gasteiger partial charge in [-0.1, -0.05) is 6.92 Å². The fourth-order valence-corrected chi connectivity index (χ4v) is 4.12. The molecule has 1 fully saturated rings. The summed E-state index contributed by atoms with van der Waals surface area (Å²) in [6.07, 6.45) is 2.56. The predicted molar refractivity (Wildman–Crippen MR) is 129 cm³/mol. The maximum Gasteiger partial charge on any atom is 0.162 e. The van der Waals surface area contributed by atoms with Gasteiger partial charge in [0, 0.05) is 68.9 Å². The quantitative estimate of drug-likeness (QED) is 0.439. The number of aliphatic imine (C=N–C) groups is 1. The van der Waals surface area contributed by atoms with Gasteiger partial charge in [-0.05, 0) is 44.0 Å². The number of ether oxygens (including phenoxy) is 2. The van der Waals surface area contributed by atoms with Crippen molar-refractivity contribution in [2.45, 2.75) is 27.2 Å². The molecule has 2 aromatic rings. The number of piperazine rings is 1. The predicted octanol–water partition coefficient (Wildman–Crippen LogP) is 3.76. The Bertz CT molecular complexity index is 966. The first kappa shape index (κ1) is 23.9. The van der Waals surface area contributed by atoms with Gasteiger partial charge in [0.25, 0.3) is 0 Å². The van der Waals surface area contributed by atoms with Gasteiger partial charge in [0.05, 0.1) is 19.4 Å². The number of hydrogen-bond donors (Lipinski definition) is 0. The number of methoxy groups -OCH3 is 2. The standard InChI is InChI=1S/C25H34N4O3/c1-6-20-16-21(32-5)17-23(24(20)19(3)30)27-18(2)22-8-7-9-26-25(22)29-12-10-28(11-13-29)14-15-31-4/h7-9,16-17H,6,10-15H2,1-5H3/b27-18+. The molecule has 0 spiro atoms. The van der Waals surface area contributed by atoms with Gasteiger partial charge in [0.1, 0.15) is 11.6 Å². The van der Waals surface area contributed by atoms with Gasteiger partial charge < -0.3 is 14.4 Å². The number of aromatic nitrogens is 1. The Balaban J connectivity index is 1.93. The second-order valence-corrected chi connectivity index (χ2v) is 7.98. The zero-order valence-electron chi connectivity index (χ0n) is 19.9. The van der Waals surface area contributed by atoms with Crippen LogP contribution in [-0.2, 0) is 11.2 Å². The van der Waals surface area contributed by atoms with Crippen LogP contribution in [0.3, 0.4) is 0 Å². The highest BCUT2D eigenvalue weighted by atomic mass is 16.5. The number of hydrogen-bond acceptors (Lipinski definition) is 7. The van der Waals surface area contributed by atoms with Crippen LogP contribution in [0.4, 0.5) is 11.5 Å². The van der Waals surface area contributed by atoms with Crippen molar-refractivity contribution in [1.29, 1.82) is 0 Å². The molecule has 1 aromatic heterocycles. The fourth-order valence-electron chi connectivity index (χ4n) is 4.12. The minimum Gasteiger partial charge on any atom is -0.497 e. The van der Waals surface area contributed by atoms with Crippen LogP contribution in [0, 0.1) is 0 Å². The zero-order valence-corrected chi connectivity index (χ0v) is 19.9. The van der Waals surface area contributed by atoms with Crippen molar-refractivity contribution in [3.05, 3.63) is 47.2 Å². The Morgan fingerprint density at radius 2 is 1.91 bits per heavy atom. The molecule has 1 aliphatic rings. The lowest BCUT2D eigenvalue weighted by Crippen LogP contribution is -2.48. The normalized spacial score (nSPS) is 15.2. The summed E-state index contributed by atoms with van der Waals surface area (Å²) in [5.74, 6) is 1.65. The molecule has 0 saturated carbocycles. The highest BCUT2D eigenvalue weighted by Crippen LogP contribution is 2.31. The van der Waals surface area contributed by atoms with Crippen molar-refractivity contribution < 1.29 is 14.3 Å². The molecule has 1 aromatic carbocycles. The Labute approximate surface area is 191 Å². The van der Waals surface area contributed by atoms with E-state index in [0.29, 0.717) is 17.0 Å². The van der Waals surface area contributed by atoms with E-state index >= 15 is 0 Å². The molecule has 0 N–H and O–H groups in total. The lowest BCUT2D eigenvalue weighted by Gasteiger charge is -2.36. The number of Topliss-reactive ketones (excluding diaryl/α,β-unsaturated/α-hetero) is 1. The molecule has 0 bridgehead atoms. The number of carbonyl (C=O) groups excluding carboxylic acids is 1. The summed E-state index contributed by atoms with van der Waals surface area (Å²) in [5, 5.41) is 0. The summed E-state index contributed by atoms with van der Waals surface area (Å²) >= 11 is 0. The molecule has 1 saturated heterocycles. The van der Waals surface area contributed by atoms with E-state index in [4.69, 9.17) is 14.5 Å². The minimum atomic E-state index is 0.00893. The van der Waals surface area contributed by atoms with Gasteiger partial charge in [0.15, 0.2) is 5.78 Å². The lowest BCUT2D eigenvalue weighted by atomic mass is 9.99. The number of anilines is 1. The number of nitrogens with zero attached hydrogens (tertiary/aromatic N) is 4.